The Hall–Kier alpha value is -2.86. The average molecular weight is 789 g/mol. The van der Waals surface area contributed by atoms with Gasteiger partial charge >= 0.3 is 23.9 Å². The van der Waals surface area contributed by atoms with E-state index < -0.39 is 86.3 Å². The normalized spacial score (nSPS) is 39.1. The molecule has 316 valence electrons. The molecule has 0 bridgehead atoms. The first-order valence-corrected chi connectivity index (χ1v) is 21.1. The smallest absolute Gasteiger partial charge is 0.306 e. The molecule has 5 fully saturated rings. The van der Waals surface area contributed by atoms with Gasteiger partial charge in [0.05, 0.1) is 6.10 Å². The molecular weight excluding hydrogens is 720 g/mol. The summed E-state index contributed by atoms with van der Waals surface area (Å²) in [7, 11) is 0. The van der Waals surface area contributed by atoms with E-state index in [1.807, 2.05) is 48.5 Å². The number of ether oxygens (including phenoxy) is 5. The van der Waals surface area contributed by atoms with Gasteiger partial charge in [-0.3, -0.25) is 28.8 Å². The number of hydrogen-bond acceptors (Lipinski definition) is 12. The molecule has 0 aromatic carbocycles. The number of hydrogen-bond donors (Lipinski definition) is 1. The standard InChI is InChI=1S/C44H68O12/c1-13-16-33(48)52-26-21-29-42(11)28(22-32-44(29,56-32)39(7,8)37(26)54-35(50)18-15-3)40(9)23-27(53-34(49)17-14-2)36(41(40,10)24-31(42)47)43(12,51)30(46)19-20-38(5,6)55-25(4)45/h26-29,32,36-37,51H,13-24H2,1-12H3/t26-,27+,28-,29-,32+,36?,37+,40-,41+,42+,43-,44-/m0/s1. The van der Waals surface area contributed by atoms with Gasteiger partial charge in [-0.1, -0.05) is 55.4 Å². The van der Waals surface area contributed by atoms with Crippen LogP contribution in [-0.2, 0) is 52.5 Å². The highest BCUT2D eigenvalue weighted by atomic mass is 16.6. The van der Waals surface area contributed by atoms with E-state index >= 15 is 4.79 Å². The van der Waals surface area contributed by atoms with Crippen molar-refractivity contribution in [2.45, 2.75) is 201 Å². The number of rotatable bonds is 15. The number of ketones is 2. The minimum absolute atomic E-state index is 0.0121. The van der Waals surface area contributed by atoms with Gasteiger partial charge in [0.25, 0.3) is 0 Å². The summed E-state index contributed by atoms with van der Waals surface area (Å²) in [6.07, 6.45) is 0.762. The zero-order valence-electron chi connectivity index (χ0n) is 36.0. The highest BCUT2D eigenvalue weighted by Crippen LogP contribution is 2.80. The molecular formula is C44H68O12. The maximum Gasteiger partial charge on any atom is 0.306 e. The molecule has 5 aliphatic rings. The summed E-state index contributed by atoms with van der Waals surface area (Å²) < 4.78 is 30.8. The molecule has 1 spiro atoms. The molecule has 12 atom stereocenters. The van der Waals surface area contributed by atoms with Crippen molar-refractivity contribution < 1.29 is 57.6 Å². The average Bonchev–Trinajstić information content (AvgIpc) is 3.76. The van der Waals surface area contributed by atoms with Crippen molar-refractivity contribution in [1.29, 1.82) is 0 Å². The van der Waals surface area contributed by atoms with E-state index in [0.29, 0.717) is 32.1 Å². The topological polar surface area (TPSA) is 172 Å². The van der Waals surface area contributed by atoms with Gasteiger partial charge in [0.15, 0.2) is 5.78 Å². The van der Waals surface area contributed by atoms with Gasteiger partial charge in [0.2, 0.25) is 0 Å². The summed E-state index contributed by atoms with van der Waals surface area (Å²) >= 11 is 0. The van der Waals surface area contributed by atoms with E-state index in [2.05, 4.69) is 6.92 Å². The first-order valence-electron chi connectivity index (χ1n) is 21.1. The summed E-state index contributed by atoms with van der Waals surface area (Å²) in [4.78, 5) is 80.7. The van der Waals surface area contributed by atoms with E-state index in [0.717, 1.165) is 0 Å². The van der Waals surface area contributed by atoms with Crippen molar-refractivity contribution in [3.8, 4) is 0 Å². The van der Waals surface area contributed by atoms with Crippen molar-refractivity contribution in [3.05, 3.63) is 0 Å². The second kappa shape index (κ2) is 15.1. The van der Waals surface area contributed by atoms with Gasteiger partial charge in [-0.25, -0.2) is 0 Å². The largest absolute Gasteiger partial charge is 0.462 e. The summed E-state index contributed by atoms with van der Waals surface area (Å²) in [5.41, 5.74) is -7.32. The number of fused-ring (bicyclic) bond motifs is 4. The second-order valence-electron chi connectivity index (χ2n) is 19.7. The Morgan fingerprint density at radius 1 is 0.768 bits per heavy atom. The lowest BCUT2D eigenvalue weighted by Crippen LogP contribution is -2.71. The Balaban J connectivity index is 1.57. The Kier molecular flexibility index (Phi) is 11.9. The minimum atomic E-state index is -2.00. The summed E-state index contributed by atoms with van der Waals surface area (Å²) in [6, 6.07) is 0. The quantitative estimate of drug-likeness (QED) is 0.105. The maximum atomic E-state index is 15.3. The van der Waals surface area contributed by atoms with Crippen molar-refractivity contribution in [3.63, 3.8) is 0 Å². The number of Topliss-reactive ketones (excluding diaryl/α,β-unsaturated/α-hetero) is 2. The maximum absolute atomic E-state index is 15.3. The first-order chi connectivity index (χ1) is 25.8. The molecule has 12 heteroatoms. The van der Waals surface area contributed by atoms with Crippen molar-refractivity contribution in [2.75, 3.05) is 0 Å². The summed E-state index contributed by atoms with van der Waals surface area (Å²) in [5.74, 6) is -3.83. The van der Waals surface area contributed by atoms with Gasteiger partial charge in [-0.2, -0.15) is 0 Å². The van der Waals surface area contributed by atoms with Crippen LogP contribution < -0.4 is 0 Å². The van der Waals surface area contributed by atoms with E-state index in [4.69, 9.17) is 23.7 Å². The van der Waals surface area contributed by atoms with Gasteiger partial charge in [0.1, 0.15) is 40.9 Å². The van der Waals surface area contributed by atoms with Crippen LogP contribution in [0.2, 0.25) is 0 Å². The van der Waals surface area contributed by atoms with E-state index in [1.54, 1.807) is 13.8 Å². The van der Waals surface area contributed by atoms with Crippen LogP contribution in [0.3, 0.4) is 0 Å². The lowest BCUT2D eigenvalue weighted by Gasteiger charge is -2.66. The molecule has 56 heavy (non-hydrogen) atoms. The molecule has 4 saturated carbocycles. The summed E-state index contributed by atoms with van der Waals surface area (Å²) in [5, 5.41) is 12.5. The van der Waals surface area contributed by atoms with Crippen molar-refractivity contribution in [2.24, 2.45) is 39.4 Å². The van der Waals surface area contributed by atoms with E-state index in [-0.39, 0.29) is 74.7 Å². The van der Waals surface area contributed by atoms with Gasteiger partial charge in [-0.15, -0.1) is 0 Å². The SMILES string of the molecule is CCCC(=O)O[C@H]1C[C@H]2[C@]3(C)C(=O)C[C@]4(C)C([C@@](C)(O)C(=O)CCC(C)(C)OC(C)=O)[C@H](OC(=O)CCC)C[C@@]4(C)[C@@H]3C[C@H]3O[C@]32C(C)(C)[C@@H]1OC(=O)CCC. The van der Waals surface area contributed by atoms with Crippen LogP contribution in [0.5, 0.6) is 0 Å². The molecule has 1 aliphatic heterocycles. The highest BCUT2D eigenvalue weighted by molar-refractivity contribution is 5.90. The van der Waals surface area contributed by atoms with Crippen LogP contribution in [-0.4, -0.2) is 81.8 Å². The molecule has 12 nitrogen and oxygen atoms in total. The monoisotopic (exact) mass is 788 g/mol. The predicted octanol–water partition coefficient (Wildman–Crippen LogP) is 6.78. The number of aliphatic hydroxyl groups is 1. The minimum Gasteiger partial charge on any atom is -0.462 e. The first kappa shape index (κ1) is 44.2. The predicted molar refractivity (Wildman–Crippen MR) is 205 cm³/mol. The fourth-order valence-electron chi connectivity index (χ4n) is 12.6. The van der Waals surface area contributed by atoms with Gasteiger partial charge in [0, 0.05) is 61.7 Å². The molecule has 0 amide bonds. The van der Waals surface area contributed by atoms with Crippen LogP contribution in [0.25, 0.3) is 0 Å². The van der Waals surface area contributed by atoms with E-state index in [1.165, 1.54) is 13.8 Å². The summed E-state index contributed by atoms with van der Waals surface area (Å²) in [6.45, 7) is 21.9. The fraction of sp³-hybridized carbons (Fsp3) is 0.864. The number of esters is 4. The molecule has 1 saturated heterocycles. The van der Waals surface area contributed by atoms with E-state index in [9.17, 15) is 29.1 Å². The zero-order valence-corrected chi connectivity index (χ0v) is 36.0. The Bertz CT molecular complexity index is 1600. The molecule has 1 N–H and O–H groups in total. The third-order valence-electron chi connectivity index (χ3n) is 15.3. The third kappa shape index (κ3) is 6.94. The molecule has 0 aromatic heterocycles. The van der Waals surface area contributed by atoms with Crippen LogP contribution in [0, 0.1) is 39.4 Å². The van der Waals surface area contributed by atoms with Crippen LogP contribution in [0.15, 0.2) is 0 Å². The molecule has 0 radical (unpaired) electrons. The lowest BCUT2D eigenvalue weighted by molar-refractivity contribution is -0.228. The third-order valence-corrected chi connectivity index (χ3v) is 15.3. The van der Waals surface area contributed by atoms with Gasteiger partial charge in [-0.05, 0) is 82.5 Å². The fourth-order valence-corrected chi connectivity index (χ4v) is 12.6. The lowest BCUT2D eigenvalue weighted by atomic mass is 9.36. The van der Waals surface area contributed by atoms with Gasteiger partial charge < -0.3 is 28.8 Å². The Labute approximate surface area is 333 Å². The van der Waals surface area contributed by atoms with Crippen molar-refractivity contribution >= 4 is 35.4 Å². The molecule has 0 aromatic rings. The highest BCUT2D eigenvalue weighted by Gasteiger charge is 2.85. The number of epoxide rings is 1. The molecule has 1 heterocycles. The zero-order chi connectivity index (χ0) is 42.0. The molecule has 5 rings (SSSR count). The van der Waals surface area contributed by atoms with Crippen molar-refractivity contribution in [1.82, 2.24) is 0 Å². The Morgan fingerprint density at radius 3 is 1.84 bits per heavy atom. The second-order valence-corrected chi connectivity index (χ2v) is 19.7. The number of carbonyl (C=O) groups excluding carboxylic acids is 6. The molecule has 1 unspecified atom stereocenters. The number of carbonyl (C=O) groups is 6. The molecule has 4 aliphatic carbocycles. The van der Waals surface area contributed by atoms with Crippen LogP contribution in [0.1, 0.15) is 160 Å². The Morgan fingerprint density at radius 2 is 1.30 bits per heavy atom. The van der Waals surface area contributed by atoms with Crippen LogP contribution in [0.4, 0.5) is 0 Å². The van der Waals surface area contributed by atoms with Crippen LogP contribution >= 0.6 is 0 Å².